The van der Waals surface area contributed by atoms with Gasteiger partial charge in [0.15, 0.2) is 0 Å². The lowest BCUT2D eigenvalue weighted by atomic mass is 10.2. The minimum absolute atomic E-state index is 0.0447. The van der Waals surface area contributed by atoms with Crippen LogP contribution in [0.4, 0.5) is 17.1 Å². The largest absolute Gasteiger partial charge is 0.397 e. The van der Waals surface area contributed by atoms with Crippen molar-refractivity contribution in [1.82, 2.24) is 0 Å². The van der Waals surface area contributed by atoms with Gasteiger partial charge < -0.3 is 16.9 Å². The molecule has 0 saturated heterocycles. The summed E-state index contributed by atoms with van der Waals surface area (Å²) in [6.45, 7) is 8.00. The quantitative estimate of drug-likeness (QED) is 0.0555. The van der Waals surface area contributed by atoms with Crippen LogP contribution in [0.3, 0.4) is 0 Å². The predicted octanol–water partition coefficient (Wildman–Crippen LogP) is 7.73. The van der Waals surface area contributed by atoms with E-state index in [1.54, 1.807) is 0 Å². The molecule has 34 heavy (non-hydrogen) atoms. The van der Waals surface area contributed by atoms with Crippen molar-refractivity contribution < 1.29 is 4.92 Å². The maximum atomic E-state index is 10.2. The summed E-state index contributed by atoms with van der Waals surface area (Å²) in [5, 5.41) is 17.1. The second kappa shape index (κ2) is 24.3. The van der Waals surface area contributed by atoms with Gasteiger partial charge in [0.25, 0.3) is 5.69 Å². The number of rotatable bonds is 2. The lowest BCUT2D eigenvalue weighted by Crippen LogP contribution is -1.96. The van der Waals surface area contributed by atoms with E-state index in [9.17, 15) is 10.1 Å². The molecule has 3 rings (SSSR count). The van der Waals surface area contributed by atoms with Crippen molar-refractivity contribution >= 4 is 48.5 Å². The molecule has 8 nitrogen and oxygen atoms in total. The molecule has 0 aliphatic heterocycles. The number of anilines is 2. The van der Waals surface area contributed by atoms with E-state index >= 15 is 0 Å². The second-order valence-corrected chi connectivity index (χ2v) is 6.43. The molecule has 0 saturated carbocycles. The average molecular weight is 505 g/mol. The van der Waals surface area contributed by atoms with Crippen LogP contribution in [0.1, 0.15) is 39.7 Å². The van der Waals surface area contributed by atoms with Crippen LogP contribution in [0.25, 0.3) is 0 Å². The molecule has 0 radical (unpaired) electrons. The molecule has 0 heterocycles. The standard InChI is InChI=1S/C7H7NS2.C7H8.C6H7N3O2.2C2H6.H2N2/c8-4-5-1-2-6(9)3-7(5)10;1-2-4-6-7-5-3-1;7-5-2-1-4(9(10)11)3-6(5)8;3*1-2/h1-4,8-10H;1-6H,7H2;1-3H,7-8H2;2*1-2H3;1-2H. The Morgan fingerprint density at radius 2 is 1.41 bits per heavy atom. The minimum Gasteiger partial charge on any atom is -0.397 e. The molecule has 0 unspecified atom stereocenters. The SMILES string of the molecule is C1=CC=CCC=C1.CC.CC.N=Cc1ccc(S)cc1S.N=N.Nc1ccc([N+](=O)[O-])cc1N. The Hall–Kier alpha value is -3.37. The van der Waals surface area contributed by atoms with Gasteiger partial charge in [0.05, 0.1) is 16.3 Å². The Balaban J connectivity index is -0.000000387. The Kier molecular flexibility index (Phi) is 25.2. The summed E-state index contributed by atoms with van der Waals surface area (Å²) in [6.07, 6.45) is 14.8. The highest BCUT2D eigenvalue weighted by Gasteiger charge is 2.05. The van der Waals surface area contributed by atoms with Crippen LogP contribution in [0, 0.1) is 26.6 Å². The lowest BCUT2D eigenvalue weighted by Gasteiger charge is -1.97. The highest BCUT2D eigenvalue weighted by molar-refractivity contribution is 7.81. The van der Waals surface area contributed by atoms with E-state index in [1.165, 1.54) is 24.4 Å². The van der Waals surface area contributed by atoms with E-state index < -0.39 is 4.92 Å². The Bertz CT molecular complexity index is 918. The van der Waals surface area contributed by atoms with Crippen LogP contribution in [0.5, 0.6) is 0 Å². The Morgan fingerprint density at radius 1 is 0.882 bits per heavy atom. The van der Waals surface area contributed by atoms with Gasteiger partial charge in [-0.05, 0) is 24.6 Å². The monoisotopic (exact) mass is 504 g/mol. The highest BCUT2D eigenvalue weighted by atomic mass is 32.1. The zero-order valence-electron chi connectivity index (χ0n) is 20.0. The van der Waals surface area contributed by atoms with E-state index in [1.807, 2.05) is 58.0 Å². The molecule has 0 aromatic heterocycles. The fourth-order valence-corrected chi connectivity index (χ4v) is 2.43. The minimum atomic E-state index is -0.518. The first-order valence-electron chi connectivity index (χ1n) is 10.4. The third-order valence-corrected chi connectivity index (χ3v) is 3.99. The van der Waals surface area contributed by atoms with Crippen molar-refractivity contribution in [2.75, 3.05) is 11.5 Å². The number of nitrogens with two attached hydrogens (primary N) is 2. The summed E-state index contributed by atoms with van der Waals surface area (Å²) in [5.41, 5.74) is 22.0. The van der Waals surface area contributed by atoms with Crippen molar-refractivity contribution in [1.29, 1.82) is 16.5 Å². The molecule has 186 valence electrons. The topological polar surface area (TPSA) is 167 Å². The summed E-state index contributed by atoms with van der Waals surface area (Å²) < 4.78 is 0. The van der Waals surface area contributed by atoms with E-state index in [0.717, 1.165) is 21.8 Å². The van der Waals surface area contributed by atoms with Crippen molar-refractivity contribution in [3.8, 4) is 0 Å². The molecule has 1 aliphatic carbocycles. The number of nitrogens with zero attached hydrogens (tertiary/aromatic N) is 1. The van der Waals surface area contributed by atoms with Crippen molar-refractivity contribution in [2.45, 2.75) is 43.9 Å². The first kappa shape index (κ1) is 35.2. The van der Waals surface area contributed by atoms with Gasteiger partial charge in [-0.2, -0.15) is 0 Å². The molecular weight excluding hydrogens is 468 g/mol. The Labute approximate surface area is 213 Å². The number of nitrogen functional groups attached to an aromatic ring is 2. The first-order chi connectivity index (χ1) is 16.3. The van der Waals surface area contributed by atoms with Gasteiger partial charge in [0.2, 0.25) is 0 Å². The summed E-state index contributed by atoms with van der Waals surface area (Å²) in [5.74, 6) is 0. The first-order valence-corrected chi connectivity index (χ1v) is 11.3. The van der Waals surface area contributed by atoms with Gasteiger partial charge in [-0.3, -0.25) is 10.1 Å². The van der Waals surface area contributed by atoms with E-state index in [-0.39, 0.29) is 11.4 Å². The number of nitro groups is 1. The summed E-state index contributed by atoms with van der Waals surface area (Å²) in [4.78, 5) is 11.3. The number of benzene rings is 2. The van der Waals surface area contributed by atoms with Crippen molar-refractivity contribution in [3.63, 3.8) is 0 Å². The summed E-state index contributed by atoms with van der Waals surface area (Å²) >= 11 is 8.26. The fourth-order valence-electron chi connectivity index (χ4n) is 1.85. The van der Waals surface area contributed by atoms with Crippen LogP contribution in [-0.4, -0.2) is 11.1 Å². The van der Waals surface area contributed by atoms with Crippen molar-refractivity contribution in [3.05, 3.63) is 88.5 Å². The number of hydrogen-bond donors (Lipinski definition) is 7. The molecule has 0 bridgehead atoms. The molecule has 1 aliphatic rings. The van der Waals surface area contributed by atoms with Gasteiger partial charge in [0.1, 0.15) is 0 Å². The fraction of sp³-hybridized carbons (Fsp3) is 0.208. The van der Waals surface area contributed by atoms with Gasteiger partial charge in [-0.25, -0.2) is 11.1 Å². The van der Waals surface area contributed by atoms with Crippen molar-refractivity contribution in [2.24, 2.45) is 0 Å². The number of thiol groups is 2. The molecule has 2 aromatic rings. The van der Waals surface area contributed by atoms with Crippen LogP contribution in [-0.2, 0) is 0 Å². The highest BCUT2D eigenvalue weighted by Crippen LogP contribution is 2.20. The van der Waals surface area contributed by atoms with E-state index in [0.29, 0.717) is 5.69 Å². The normalized spacial score (nSPS) is 9.82. The molecular formula is C24H36N6O2S2. The summed E-state index contributed by atoms with van der Waals surface area (Å²) in [6, 6.07) is 9.42. The third kappa shape index (κ3) is 17.2. The molecule has 2 aromatic carbocycles. The maximum absolute atomic E-state index is 10.2. The molecule has 10 heteroatoms. The number of nitrogens with one attached hydrogen (secondary N) is 3. The van der Waals surface area contributed by atoms with E-state index in [4.69, 9.17) is 27.9 Å². The molecule has 0 atom stereocenters. The van der Waals surface area contributed by atoms with Gasteiger partial charge >= 0.3 is 0 Å². The number of nitro benzene ring substituents is 1. The molecule has 7 N–H and O–H groups in total. The number of non-ortho nitro benzene ring substituents is 1. The molecule has 0 spiro atoms. The van der Waals surface area contributed by atoms with E-state index in [2.05, 4.69) is 49.6 Å². The second-order valence-electron chi connectivity index (χ2n) is 5.43. The maximum Gasteiger partial charge on any atom is 0.271 e. The van der Waals surface area contributed by atoms with Gasteiger partial charge in [-0.15, -0.1) is 25.3 Å². The van der Waals surface area contributed by atoms with Crippen LogP contribution in [0.2, 0.25) is 0 Å². The van der Waals surface area contributed by atoms with Gasteiger partial charge in [-0.1, -0.05) is 70.2 Å². The molecule has 0 amide bonds. The number of allylic oxidation sites excluding steroid dienone is 6. The summed E-state index contributed by atoms with van der Waals surface area (Å²) in [7, 11) is 0. The average Bonchev–Trinajstić information content (AvgIpc) is 3.19. The van der Waals surface area contributed by atoms with Crippen LogP contribution >= 0.6 is 25.3 Å². The zero-order chi connectivity index (χ0) is 26.9. The van der Waals surface area contributed by atoms with Crippen LogP contribution in [0.15, 0.2) is 82.6 Å². The molecule has 0 fully saturated rings. The third-order valence-electron chi connectivity index (χ3n) is 3.33. The zero-order valence-corrected chi connectivity index (χ0v) is 21.8. The van der Waals surface area contributed by atoms with Gasteiger partial charge in [0, 0.05) is 33.7 Å². The Morgan fingerprint density at radius 3 is 1.82 bits per heavy atom. The lowest BCUT2D eigenvalue weighted by molar-refractivity contribution is -0.384. The predicted molar refractivity (Wildman–Crippen MR) is 151 cm³/mol. The smallest absolute Gasteiger partial charge is 0.271 e. The van der Waals surface area contributed by atoms with Crippen LogP contribution < -0.4 is 11.5 Å². The number of hydrogen-bond acceptors (Lipinski definition) is 9.